The monoisotopic (exact) mass is 232 g/mol. The van der Waals surface area contributed by atoms with Crippen LogP contribution in [0.2, 0.25) is 11.1 Å². The molecule has 2 atom stereocenters. The van der Waals surface area contributed by atoms with Gasteiger partial charge in [-0.05, 0) is 11.1 Å². The van der Waals surface area contributed by atoms with Gasteiger partial charge in [0.2, 0.25) is 0 Å². The van der Waals surface area contributed by atoms with Gasteiger partial charge in [-0.25, -0.2) is 0 Å². The maximum absolute atomic E-state index is 5.49. The van der Waals surface area contributed by atoms with Gasteiger partial charge in [0.25, 0.3) is 0 Å². The fourth-order valence-corrected chi connectivity index (χ4v) is 7.34. The fourth-order valence-electron chi connectivity index (χ4n) is 2.45. The molecule has 0 saturated carbocycles. The zero-order valence-corrected chi connectivity index (χ0v) is 12.3. The van der Waals surface area contributed by atoms with Crippen molar-refractivity contribution in [3.05, 3.63) is 0 Å². The summed E-state index contributed by atoms with van der Waals surface area (Å²) in [6.07, 6.45) is 4.35. The first kappa shape index (κ1) is 15.1. The van der Waals surface area contributed by atoms with Crippen LogP contribution in [0.4, 0.5) is 0 Å². The molecule has 0 aromatic heterocycles. The molecular formula is C12H28O2Si. The molecule has 3 heteroatoms. The molecule has 2 unspecified atom stereocenters. The highest BCUT2D eigenvalue weighted by Crippen LogP contribution is 2.37. The van der Waals surface area contributed by atoms with E-state index in [1.54, 1.807) is 0 Å². The lowest BCUT2D eigenvalue weighted by Crippen LogP contribution is -2.52. The van der Waals surface area contributed by atoms with Crippen LogP contribution in [0.3, 0.4) is 0 Å². The largest absolute Gasteiger partial charge is 0.388 e. The van der Waals surface area contributed by atoms with E-state index in [4.69, 9.17) is 9.47 Å². The third-order valence-electron chi connectivity index (χ3n) is 4.01. The van der Waals surface area contributed by atoms with Crippen molar-refractivity contribution in [1.29, 1.82) is 0 Å². The third-order valence-corrected chi connectivity index (χ3v) is 10.4. The summed E-state index contributed by atoms with van der Waals surface area (Å²) in [7, 11) is 2.20. The van der Waals surface area contributed by atoms with Gasteiger partial charge in [0, 0.05) is 26.7 Å². The van der Waals surface area contributed by atoms with Gasteiger partial charge in [0.15, 0.2) is 0 Å². The van der Waals surface area contributed by atoms with Gasteiger partial charge < -0.3 is 9.47 Å². The van der Waals surface area contributed by atoms with E-state index in [9.17, 15) is 0 Å². The van der Waals surface area contributed by atoms with Crippen LogP contribution >= 0.6 is 0 Å². The van der Waals surface area contributed by atoms with Crippen LogP contribution in [0.25, 0.3) is 0 Å². The van der Waals surface area contributed by atoms with E-state index in [2.05, 4.69) is 27.7 Å². The van der Waals surface area contributed by atoms with Crippen LogP contribution in [0, 0.1) is 0 Å². The molecule has 0 heterocycles. The Hall–Kier alpha value is 0.137. The van der Waals surface area contributed by atoms with Crippen molar-refractivity contribution in [2.24, 2.45) is 0 Å². The molecule has 0 aliphatic carbocycles. The van der Waals surface area contributed by atoms with Crippen LogP contribution in [-0.4, -0.2) is 34.8 Å². The van der Waals surface area contributed by atoms with Crippen LogP contribution in [-0.2, 0) is 9.47 Å². The van der Waals surface area contributed by atoms with E-state index in [-0.39, 0.29) is 0 Å². The smallest absolute Gasteiger partial charge is 0.118 e. The summed E-state index contributed by atoms with van der Waals surface area (Å²) in [5.41, 5.74) is 1.54. The number of methoxy groups -OCH3 is 2. The lowest BCUT2D eigenvalue weighted by Gasteiger charge is -2.40. The maximum Gasteiger partial charge on any atom is 0.118 e. The number of rotatable bonds is 8. The van der Waals surface area contributed by atoms with Crippen LogP contribution in [0.1, 0.15) is 40.5 Å². The van der Waals surface area contributed by atoms with Gasteiger partial charge >= 0.3 is 0 Å². The summed E-state index contributed by atoms with van der Waals surface area (Å²) in [6.45, 7) is 9.30. The van der Waals surface area contributed by atoms with E-state index in [1.165, 1.54) is 12.8 Å². The van der Waals surface area contributed by atoms with Crippen molar-refractivity contribution in [2.75, 3.05) is 26.7 Å². The Labute approximate surface area is 96.4 Å². The molecule has 0 aromatic carbocycles. The summed E-state index contributed by atoms with van der Waals surface area (Å²) in [4.78, 5) is 0. The Morgan fingerprint density at radius 1 is 0.867 bits per heavy atom. The Bertz CT molecular complexity index is 144. The molecule has 0 aliphatic heterocycles. The number of hydrogen-bond donors (Lipinski definition) is 0. The van der Waals surface area contributed by atoms with Crippen molar-refractivity contribution >= 4 is 8.07 Å². The summed E-state index contributed by atoms with van der Waals surface area (Å²) < 4.78 is 11.0. The van der Waals surface area contributed by atoms with Crippen LogP contribution in [0.15, 0.2) is 0 Å². The minimum atomic E-state index is -1.45. The zero-order chi connectivity index (χ0) is 11.9. The summed E-state index contributed by atoms with van der Waals surface area (Å²) in [5.74, 6) is 0. The summed E-state index contributed by atoms with van der Waals surface area (Å²) >= 11 is 0. The maximum atomic E-state index is 5.49. The fraction of sp³-hybridized carbons (Fsp3) is 1.00. The van der Waals surface area contributed by atoms with Crippen molar-refractivity contribution in [1.82, 2.24) is 0 Å². The van der Waals surface area contributed by atoms with Gasteiger partial charge in [-0.15, -0.1) is 0 Å². The predicted molar refractivity (Wildman–Crippen MR) is 68.9 cm³/mol. The Kier molecular flexibility index (Phi) is 7.48. The number of ether oxygens (including phenoxy) is 2. The molecule has 15 heavy (non-hydrogen) atoms. The van der Waals surface area contributed by atoms with Crippen molar-refractivity contribution < 1.29 is 9.47 Å². The summed E-state index contributed by atoms with van der Waals surface area (Å²) in [6, 6.07) is 0. The Morgan fingerprint density at radius 3 is 1.40 bits per heavy atom. The van der Waals surface area contributed by atoms with Gasteiger partial charge in [-0.2, -0.15) is 0 Å². The van der Waals surface area contributed by atoms with E-state index >= 15 is 0 Å². The van der Waals surface area contributed by atoms with Crippen molar-refractivity contribution in [3.8, 4) is 0 Å². The van der Waals surface area contributed by atoms with E-state index < -0.39 is 8.07 Å². The van der Waals surface area contributed by atoms with E-state index in [0.717, 1.165) is 23.5 Å². The van der Waals surface area contributed by atoms with E-state index in [1.807, 2.05) is 14.2 Å². The molecule has 0 N–H and O–H groups in total. The quantitative estimate of drug-likeness (QED) is 0.597. The van der Waals surface area contributed by atoms with Gasteiger partial charge in [-0.1, -0.05) is 40.5 Å². The summed E-state index contributed by atoms with van der Waals surface area (Å²) in [5, 5.41) is 0. The highest BCUT2D eigenvalue weighted by atomic mass is 28.3. The molecule has 0 radical (unpaired) electrons. The van der Waals surface area contributed by atoms with Gasteiger partial charge in [-0.3, -0.25) is 0 Å². The second kappa shape index (κ2) is 7.42. The standard InChI is InChI=1S/C12H28O2Si/c1-7-11(3)15(9-13-5,10-14-6)12(4)8-2/h11-12H,7-10H2,1-6H3. The van der Waals surface area contributed by atoms with Crippen molar-refractivity contribution in [3.63, 3.8) is 0 Å². The topological polar surface area (TPSA) is 18.5 Å². The average Bonchev–Trinajstić information content (AvgIpc) is 2.26. The molecular weight excluding hydrogens is 204 g/mol. The molecule has 92 valence electrons. The molecule has 0 aromatic rings. The molecule has 0 bridgehead atoms. The SMILES string of the molecule is CCC(C)[Si](COC)(COC)C(C)CC. The average molecular weight is 232 g/mol. The second-order valence-electron chi connectivity index (χ2n) is 4.72. The first-order chi connectivity index (χ1) is 7.08. The second-order valence-corrected chi connectivity index (χ2v) is 9.73. The van der Waals surface area contributed by atoms with Crippen molar-refractivity contribution in [2.45, 2.75) is 51.6 Å². The first-order valence-electron chi connectivity index (χ1n) is 6.06. The lowest BCUT2D eigenvalue weighted by molar-refractivity contribution is 0.209. The predicted octanol–water partition coefficient (Wildman–Crippen LogP) is 3.41. The molecule has 0 aliphatic rings. The lowest BCUT2D eigenvalue weighted by atomic mass is 10.3. The van der Waals surface area contributed by atoms with E-state index in [0.29, 0.717) is 0 Å². The van der Waals surface area contributed by atoms with Crippen LogP contribution in [0.5, 0.6) is 0 Å². The molecule has 0 fully saturated rings. The first-order valence-corrected chi connectivity index (χ1v) is 8.63. The molecule has 2 nitrogen and oxygen atoms in total. The minimum absolute atomic E-state index is 0.771. The number of hydrogen-bond acceptors (Lipinski definition) is 2. The zero-order valence-electron chi connectivity index (χ0n) is 11.3. The molecule has 0 rings (SSSR count). The Balaban J connectivity index is 4.86. The van der Waals surface area contributed by atoms with Gasteiger partial charge in [0.1, 0.15) is 8.07 Å². The molecule has 0 saturated heterocycles. The highest BCUT2D eigenvalue weighted by Gasteiger charge is 2.42. The normalized spacial score (nSPS) is 16.4. The van der Waals surface area contributed by atoms with Crippen LogP contribution < -0.4 is 0 Å². The van der Waals surface area contributed by atoms with Gasteiger partial charge in [0.05, 0.1) is 0 Å². The molecule has 0 amide bonds. The molecule has 0 spiro atoms. The minimum Gasteiger partial charge on any atom is -0.388 e. The third kappa shape index (κ3) is 3.57. The Morgan fingerprint density at radius 2 is 1.20 bits per heavy atom. The highest BCUT2D eigenvalue weighted by molar-refractivity contribution is 6.82.